The van der Waals surface area contributed by atoms with E-state index in [1.165, 1.54) is 17.8 Å². The van der Waals surface area contributed by atoms with Gasteiger partial charge in [-0.05, 0) is 46.3 Å². The van der Waals surface area contributed by atoms with Gasteiger partial charge in [0.15, 0.2) is 0 Å². The summed E-state index contributed by atoms with van der Waals surface area (Å²) >= 11 is 4.55. The van der Waals surface area contributed by atoms with Crippen molar-refractivity contribution < 1.29 is 8.42 Å². The van der Waals surface area contributed by atoms with Crippen molar-refractivity contribution in [1.29, 1.82) is 0 Å². The SMILES string of the molecule is C[C@@H]1[C@H](C)CCC[C@@H]1NS(=O)(=O)c1ccc(Br)s1. The van der Waals surface area contributed by atoms with Crippen LogP contribution in [-0.2, 0) is 10.0 Å². The molecule has 0 amide bonds. The van der Waals surface area contributed by atoms with Gasteiger partial charge in [-0.3, -0.25) is 0 Å². The van der Waals surface area contributed by atoms with Gasteiger partial charge in [0, 0.05) is 6.04 Å². The summed E-state index contributed by atoms with van der Waals surface area (Å²) in [5, 5.41) is 0. The average molecular weight is 352 g/mol. The largest absolute Gasteiger partial charge is 0.250 e. The van der Waals surface area contributed by atoms with Crippen LogP contribution in [-0.4, -0.2) is 14.5 Å². The highest BCUT2D eigenvalue weighted by Crippen LogP contribution is 2.32. The predicted molar refractivity (Wildman–Crippen MR) is 78.3 cm³/mol. The highest BCUT2D eigenvalue weighted by molar-refractivity contribution is 9.11. The molecule has 0 aliphatic heterocycles. The highest BCUT2D eigenvalue weighted by atomic mass is 79.9. The lowest BCUT2D eigenvalue weighted by Gasteiger charge is -2.34. The Labute approximate surface area is 121 Å². The molecule has 0 spiro atoms. The van der Waals surface area contributed by atoms with Crippen molar-refractivity contribution in [3.05, 3.63) is 15.9 Å². The van der Waals surface area contributed by atoms with Crippen LogP contribution >= 0.6 is 27.3 Å². The van der Waals surface area contributed by atoms with Crippen LogP contribution in [0.3, 0.4) is 0 Å². The maximum Gasteiger partial charge on any atom is 0.250 e. The minimum absolute atomic E-state index is 0.0691. The molecule has 0 unspecified atom stereocenters. The first-order valence-electron chi connectivity index (χ1n) is 6.18. The van der Waals surface area contributed by atoms with E-state index in [1.807, 2.05) is 0 Å². The lowest BCUT2D eigenvalue weighted by molar-refractivity contribution is 0.227. The van der Waals surface area contributed by atoms with E-state index in [-0.39, 0.29) is 6.04 Å². The fraction of sp³-hybridized carbons (Fsp3) is 0.667. The first-order valence-corrected chi connectivity index (χ1v) is 9.27. The second kappa shape index (κ2) is 5.61. The van der Waals surface area contributed by atoms with Crippen molar-refractivity contribution in [2.45, 2.75) is 43.4 Å². The van der Waals surface area contributed by atoms with Gasteiger partial charge in [-0.2, -0.15) is 0 Å². The van der Waals surface area contributed by atoms with E-state index in [0.717, 1.165) is 16.6 Å². The number of thiophene rings is 1. The number of nitrogens with one attached hydrogen (secondary N) is 1. The molecule has 6 heteroatoms. The summed E-state index contributed by atoms with van der Waals surface area (Å²) in [5.41, 5.74) is 0. The van der Waals surface area contributed by atoms with Gasteiger partial charge in [0.1, 0.15) is 4.21 Å². The smallest absolute Gasteiger partial charge is 0.207 e. The maximum atomic E-state index is 12.2. The number of sulfonamides is 1. The normalized spacial score (nSPS) is 29.4. The topological polar surface area (TPSA) is 46.2 Å². The summed E-state index contributed by atoms with van der Waals surface area (Å²) in [6.07, 6.45) is 3.24. The molecule has 102 valence electrons. The summed E-state index contributed by atoms with van der Waals surface area (Å²) in [7, 11) is -3.36. The number of hydrogen-bond donors (Lipinski definition) is 1. The lowest BCUT2D eigenvalue weighted by atomic mass is 9.78. The van der Waals surface area contributed by atoms with Crippen LogP contribution in [0, 0.1) is 11.8 Å². The van der Waals surface area contributed by atoms with Crippen LogP contribution in [0.4, 0.5) is 0 Å². The van der Waals surface area contributed by atoms with Crippen molar-refractivity contribution in [2.24, 2.45) is 11.8 Å². The third-order valence-electron chi connectivity index (χ3n) is 3.83. The highest BCUT2D eigenvalue weighted by Gasteiger charge is 2.31. The summed E-state index contributed by atoms with van der Waals surface area (Å²) < 4.78 is 28.6. The molecule has 2 rings (SSSR count). The first kappa shape index (κ1) is 14.5. The molecule has 0 bridgehead atoms. The first-order chi connectivity index (χ1) is 8.40. The van der Waals surface area contributed by atoms with Crippen molar-refractivity contribution in [3.63, 3.8) is 0 Å². The Morgan fingerprint density at radius 1 is 1.33 bits per heavy atom. The van der Waals surface area contributed by atoms with Crippen LogP contribution in [0.2, 0.25) is 0 Å². The molecule has 0 saturated heterocycles. The molecule has 0 radical (unpaired) electrons. The van der Waals surface area contributed by atoms with Gasteiger partial charge in [0.25, 0.3) is 0 Å². The number of hydrogen-bond acceptors (Lipinski definition) is 3. The standard InChI is InChI=1S/C12H18BrNO2S2/c1-8-4-3-5-10(9(8)2)14-18(15,16)12-7-6-11(13)17-12/h6-10,14H,3-5H2,1-2H3/t8-,9-,10+/m1/s1. The third-order valence-corrected chi connectivity index (χ3v) is 7.43. The fourth-order valence-corrected chi connectivity index (χ4v) is 5.84. The summed E-state index contributed by atoms with van der Waals surface area (Å²) in [4.78, 5) is 0. The van der Waals surface area contributed by atoms with E-state index in [0.29, 0.717) is 16.0 Å². The second-order valence-corrected chi connectivity index (χ2v) is 9.46. The zero-order valence-corrected chi connectivity index (χ0v) is 13.7. The van der Waals surface area contributed by atoms with Crippen molar-refractivity contribution >= 4 is 37.3 Å². The van der Waals surface area contributed by atoms with E-state index in [1.54, 1.807) is 12.1 Å². The van der Waals surface area contributed by atoms with Crippen LogP contribution in [0.5, 0.6) is 0 Å². The van der Waals surface area contributed by atoms with E-state index >= 15 is 0 Å². The molecule has 1 N–H and O–H groups in total. The molecule has 1 heterocycles. The molecule has 1 aromatic heterocycles. The molecule has 1 aromatic rings. The maximum absolute atomic E-state index is 12.2. The minimum atomic E-state index is -3.36. The van der Waals surface area contributed by atoms with Gasteiger partial charge >= 0.3 is 0 Å². The zero-order valence-electron chi connectivity index (χ0n) is 10.5. The summed E-state index contributed by atoms with van der Waals surface area (Å²) in [6.45, 7) is 4.34. The molecule has 3 atom stereocenters. The Morgan fingerprint density at radius 2 is 2.06 bits per heavy atom. The van der Waals surface area contributed by atoms with E-state index in [4.69, 9.17) is 0 Å². The van der Waals surface area contributed by atoms with Crippen LogP contribution in [0.1, 0.15) is 33.1 Å². The Balaban J connectivity index is 2.13. The second-order valence-electron chi connectivity index (χ2n) is 5.05. The molecule has 1 aliphatic rings. The van der Waals surface area contributed by atoms with E-state index < -0.39 is 10.0 Å². The Morgan fingerprint density at radius 3 is 2.67 bits per heavy atom. The van der Waals surface area contributed by atoms with Crippen molar-refractivity contribution in [3.8, 4) is 0 Å². The van der Waals surface area contributed by atoms with Crippen LogP contribution < -0.4 is 4.72 Å². The fourth-order valence-electron chi connectivity index (χ4n) is 2.45. The molecule has 1 aliphatic carbocycles. The summed E-state index contributed by atoms with van der Waals surface area (Å²) in [6, 6.07) is 3.49. The van der Waals surface area contributed by atoms with Gasteiger partial charge in [0.05, 0.1) is 3.79 Å². The Hall–Kier alpha value is 0.0900. The zero-order chi connectivity index (χ0) is 13.3. The van der Waals surface area contributed by atoms with Gasteiger partial charge in [-0.15, -0.1) is 11.3 Å². The third kappa shape index (κ3) is 3.15. The molecule has 1 fully saturated rings. The van der Waals surface area contributed by atoms with Gasteiger partial charge < -0.3 is 0 Å². The molecule has 0 aromatic carbocycles. The minimum Gasteiger partial charge on any atom is -0.207 e. The van der Waals surface area contributed by atoms with Crippen molar-refractivity contribution in [1.82, 2.24) is 4.72 Å². The molecular formula is C12H18BrNO2S2. The average Bonchev–Trinajstić information content (AvgIpc) is 2.72. The number of rotatable bonds is 3. The Bertz CT molecular complexity index is 512. The molecule has 3 nitrogen and oxygen atoms in total. The molecular weight excluding hydrogens is 334 g/mol. The predicted octanol–water partition coefficient (Wildman–Crippen LogP) is 3.61. The molecule has 1 saturated carbocycles. The van der Waals surface area contributed by atoms with Crippen LogP contribution in [0.15, 0.2) is 20.1 Å². The van der Waals surface area contributed by atoms with Crippen LogP contribution in [0.25, 0.3) is 0 Å². The van der Waals surface area contributed by atoms with Crippen molar-refractivity contribution in [2.75, 3.05) is 0 Å². The van der Waals surface area contributed by atoms with E-state index in [2.05, 4.69) is 34.5 Å². The van der Waals surface area contributed by atoms with Gasteiger partial charge in [0.2, 0.25) is 10.0 Å². The summed E-state index contributed by atoms with van der Waals surface area (Å²) in [5.74, 6) is 0.985. The van der Waals surface area contributed by atoms with Gasteiger partial charge in [-0.1, -0.05) is 26.7 Å². The van der Waals surface area contributed by atoms with E-state index in [9.17, 15) is 8.42 Å². The Kier molecular flexibility index (Phi) is 4.52. The lowest BCUT2D eigenvalue weighted by Crippen LogP contribution is -2.43. The molecule has 18 heavy (non-hydrogen) atoms. The van der Waals surface area contributed by atoms with Gasteiger partial charge in [-0.25, -0.2) is 13.1 Å². The number of halogens is 1. The monoisotopic (exact) mass is 351 g/mol. The quantitative estimate of drug-likeness (QED) is 0.903.